The molecule has 21 heavy (non-hydrogen) atoms. The zero-order chi connectivity index (χ0) is 15.2. The van der Waals surface area contributed by atoms with Gasteiger partial charge in [-0.25, -0.2) is 8.78 Å². The summed E-state index contributed by atoms with van der Waals surface area (Å²) in [5.74, 6) is -2.26. The van der Waals surface area contributed by atoms with Gasteiger partial charge in [-0.3, -0.25) is 4.79 Å². The Balaban J connectivity index is 2.00. The van der Waals surface area contributed by atoms with Crippen molar-refractivity contribution in [2.75, 3.05) is 7.11 Å². The molecule has 0 spiro atoms. The van der Waals surface area contributed by atoms with Crippen LogP contribution in [0.3, 0.4) is 0 Å². The van der Waals surface area contributed by atoms with Crippen molar-refractivity contribution in [2.24, 2.45) is 0 Å². The molecule has 1 aliphatic carbocycles. The summed E-state index contributed by atoms with van der Waals surface area (Å²) in [6.45, 7) is 0. The molecule has 110 valence electrons. The van der Waals surface area contributed by atoms with E-state index in [2.05, 4.69) is 26.1 Å². The summed E-state index contributed by atoms with van der Waals surface area (Å²) < 4.78 is 36.3. The zero-order valence-electron chi connectivity index (χ0n) is 10.8. The number of carbonyl (C=O) groups excluding carboxylic acids is 1. The molecule has 5 nitrogen and oxygen atoms in total. The highest BCUT2D eigenvalue weighted by Gasteiger charge is 2.57. The second-order valence-electron chi connectivity index (χ2n) is 4.72. The first kappa shape index (κ1) is 14.1. The van der Waals surface area contributed by atoms with Crippen molar-refractivity contribution in [1.29, 1.82) is 0 Å². The number of methoxy groups -OCH3 is 1. The van der Waals surface area contributed by atoms with E-state index in [9.17, 15) is 13.6 Å². The van der Waals surface area contributed by atoms with Crippen LogP contribution in [0.1, 0.15) is 18.7 Å². The molecule has 3 rings (SSSR count). The van der Waals surface area contributed by atoms with E-state index in [0.29, 0.717) is 12.8 Å². The van der Waals surface area contributed by atoms with Gasteiger partial charge < -0.3 is 9.26 Å². The molecule has 1 aromatic heterocycles. The number of esters is 1. The second-order valence-corrected chi connectivity index (χ2v) is 5.51. The van der Waals surface area contributed by atoms with Crippen molar-refractivity contribution in [3.63, 3.8) is 0 Å². The molecule has 0 bridgehead atoms. The van der Waals surface area contributed by atoms with Gasteiger partial charge in [0.05, 0.1) is 11.6 Å². The Morgan fingerprint density at radius 3 is 2.76 bits per heavy atom. The van der Waals surface area contributed by atoms with Crippen molar-refractivity contribution in [1.82, 2.24) is 10.1 Å². The maximum atomic E-state index is 13.5. The van der Waals surface area contributed by atoms with Crippen LogP contribution >= 0.6 is 15.9 Å². The van der Waals surface area contributed by atoms with E-state index >= 15 is 0 Å². The molecule has 0 unspecified atom stereocenters. The van der Waals surface area contributed by atoms with Crippen molar-refractivity contribution in [3.8, 4) is 11.4 Å². The predicted octanol–water partition coefficient (Wildman–Crippen LogP) is 2.98. The van der Waals surface area contributed by atoms with Crippen LogP contribution in [0.25, 0.3) is 11.4 Å². The van der Waals surface area contributed by atoms with Crippen LogP contribution in [0, 0.1) is 11.6 Å². The van der Waals surface area contributed by atoms with E-state index < -0.39 is 23.0 Å². The normalized spacial score (nSPS) is 15.8. The quantitative estimate of drug-likeness (QED) is 0.623. The third-order valence-electron chi connectivity index (χ3n) is 3.44. The van der Waals surface area contributed by atoms with Gasteiger partial charge in [-0.05, 0) is 40.9 Å². The van der Waals surface area contributed by atoms with Crippen LogP contribution in [0.4, 0.5) is 8.78 Å². The lowest BCUT2D eigenvalue weighted by Gasteiger charge is -2.06. The average molecular weight is 359 g/mol. The first-order valence-corrected chi connectivity index (χ1v) is 6.85. The van der Waals surface area contributed by atoms with Crippen LogP contribution in [-0.4, -0.2) is 23.2 Å². The zero-order valence-corrected chi connectivity index (χ0v) is 12.4. The van der Waals surface area contributed by atoms with Crippen LogP contribution in [0.5, 0.6) is 0 Å². The number of benzene rings is 1. The van der Waals surface area contributed by atoms with Gasteiger partial charge in [0.25, 0.3) is 0 Å². The van der Waals surface area contributed by atoms with E-state index in [4.69, 9.17) is 9.26 Å². The van der Waals surface area contributed by atoms with Crippen LogP contribution in [-0.2, 0) is 14.9 Å². The minimum atomic E-state index is -1.03. The Bertz CT molecular complexity index is 728. The third-order valence-corrected chi connectivity index (χ3v) is 4.21. The number of hydrogen-bond donors (Lipinski definition) is 0. The molecular formula is C13H9BrF2N2O3. The minimum Gasteiger partial charge on any atom is -0.468 e. The molecule has 0 aliphatic heterocycles. The third kappa shape index (κ3) is 2.14. The maximum Gasteiger partial charge on any atom is 0.321 e. The molecule has 1 heterocycles. The Labute approximate surface area is 126 Å². The van der Waals surface area contributed by atoms with Gasteiger partial charge in [-0.15, -0.1) is 0 Å². The molecular weight excluding hydrogens is 350 g/mol. The fourth-order valence-corrected chi connectivity index (χ4v) is 2.55. The number of ether oxygens (including phenoxy) is 1. The monoisotopic (exact) mass is 358 g/mol. The fraction of sp³-hybridized carbons (Fsp3) is 0.308. The van der Waals surface area contributed by atoms with Crippen molar-refractivity contribution >= 4 is 21.9 Å². The number of aromatic nitrogens is 2. The molecule has 8 heteroatoms. The summed E-state index contributed by atoms with van der Waals surface area (Å²) in [6.07, 6.45) is 1.11. The van der Waals surface area contributed by atoms with Crippen LogP contribution in [0.15, 0.2) is 21.1 Å². The van der Waals surface area contributed by atoms with Crippen molar-refractivity contribution < 1.29 is 22.8 Å². The number of nitrogens with zero attached hydrogens (tertiary/aromatic N) is 2. The highest BCUT2D eigenvalue weighted by molar-refractivity contribution is 9.10. The lowest BCUT2D eigenvalue weighted by Crippen LogP contribution is -2.22. The minimum absolute atomic E-state index is 0.0750. The molecule has 0 amide bonds. The summed E-state index contributed by atoms with van der Waals surface area (Å²) in [5, 5.41) is 3.73. The van der Waals surface area contributed by atoms with Crippen molar-refractivity contribution in [2.45, 2.75) is 18.3 Å². The summed E-state index contributed by atoms with van der Waals surface area (Å²) in [6, 6.07) is 2.30. The summed E-state index contributed by atoms with van der Waals surface area (Å²) in [4.78, 5) is 15.9. The first-order chi connectivity index (χ1) is 9.99. The average Bonchev–Trinajstić information content (AvgIpc) is 3.16. The molecule has 1 fully saturated rings. The van der Waals surface area contributed by atoms with Crippen molar-refractivity contribution in [3.05, 3.63) is 34.1 Å². The Morgan fingerprint density at radius 2 is 2.14 bits per heavy atom. The summed E-state index contributed by atoms with van der Waals surface area (Å²) in [7, 11) is 1.28. The molecule has 1 saturated carbocycles. The molecule has 1 aromatic carbocycles. The van der Waals surface area contributed by atoms with Gasteiger partial charge in [0.15, 0.2) is 11.6 Å². The van der Waals surface area contributed by atoms with E-state index in [-0.39, 0.29) is 21.8 Å². The standard InChI is InChI=1S/C13H9BrF2N2O3/c1-20-12(19)13(4-5-13)11-17-10(18-21-11)6-2-3-7(15)9(16)8(6)14/h2-3H,4-5H2,1H3. The van der Waals surface area contributed by atoms with Gasteiger partial charge >= 0.3 is 5.97 Å². The SMILES string of the molecule is COC(=O)C1(c2nc(-c3ccc(F)c(F)c3Br)no2)CC1. The lowest BCUT2D eigenvalue weighted by atomic mass is 10.1. The van der Waals surface area contributed by atoms with Gasteiger partial charge in [0.2, 0.25) is 11.7 Å². The van der Waals surface area contributed by atoms with Gasteiger partial charge in [-0.1, -0.05) is 5.16 Å². The van der Waals surface area contributed by atoms with E-state index in [0.717, 1.165) is 6.07 Å². The number of carbonyl (C=O) groups is 1. The van der Waals surface area contributed by atoms with Gasteiger partial charge in [-0.2, -0.15) is 4.98 Å². The molecule has 0 N–H and O–H groups in total. The molecule has 0 saturated heterocycles. The van der Waals surface area contributed by atoms with E-state index in [1.165, 1.54) is 13.2 Å². The number of halogens is 3. The van der Waals surface area contributed by atoms with E-state index in [1.54, 1.807) is 0 Å². The molecule has 0 atom stereocenters. The summed E-state index contributed by atoms with van der Waals surface area (Å²) >= 11 is 2.96. The van der Waals surface area contributed by atoms with E-state index in [1.807, 2.05) is 0 Å². The van der Waals surface area contributed by atoms with Crippen LogP contribution in [0.2, 0.25) is 0 Å². The Hall–Kier alpha value is -1.83. The van der Waals surface area contributed by atoms with Crippen LogP contribution < -0.4 is 0 Å². The summed E-state index contributed by atoms with van der Waals surface area (Å²) in [5.41, 5.74) is -0.657. The Kier molecular flexibility index (Phi) is 3.27. The molecule has 2 aromatic rings. The lowest BCUT2D eigenvalue weighted by molar-refractivity contribution is -0.144. The fourth-order valence-electron chi connectivity index (χ4n) is 2.05. The highest BCUT2D eigenvalue weighted by Crippen LogP contribution is 2.48. The second kappa shape index (κ2) is 4.87. The van der Waals surface area contributed by atoms with Gasteiger partial charge in [0, 0.05) is 5.56 Å². The predicted molar refractivity (Wildman–Crippen MR) is 70.3 cm³/mol. The smallest absolute Gasteiger partial charge is 0.321 e. The number of hydrogen-bond acceptors (Lipinski definition) is 5. The Morgan fingerprint density at radius 1 is 1.43 bits per heavy atom. The topological polar surface area (TPSA) is 65.2 Å². The van der Waals surface area contributed by atoms with Gasteiger partial charge in [0.1, 0.15) is 5.41 Å². The first-order valence-electron chi connectivity index (χ1n) is 6.06. The highest BCUT2D eigenvalue weighted by atomic mass is 79.9. The number of rotatable bonds is 3. The largest absolute Gasteiger partial charge is 0.468 e. The molecule has 0 radical (unpaired) electrons. The molecule has 1 aliphatic rings. The maximum absolute atomic E-state index is 13.5.